The van der Waals surface area contributed by atoms with Gasteiger partial charge in [-0.3, -0.25) is 4.79 Å². The summed E-state index contributed by atoms with van der Waals surface area (Å²) in [6.45, 7) is 0. The highest BCUT2D eigenvalue weighted by molar-refractivity contribution is 5.96. The van der Waals surface area contributed by atoms with Gasteiger partial charge in [0, 0.05) is 5.92 Å². The molecule has 1 aliphatic carbocycles. The quantitative estimate of drug-likeness (QED) is 0.921. The Morgan fingerprint density at radius 3 is 2.55 bits per heavy atom. The maximum atomic E-state index is 12.3. The van der Waals surface area contributed by atoms with Crippen LogP contribution in [0, 0.1) is 5.92 Å². The molecular weight excluding hydrogens is 250 g/mol. The highest BCUT2D eigenvalue weighted by atomic mass is 16.5. The van der Waals surface area contributed by atoms with E-state index in [1.807, 2.05) is 42.5 Å². The van der Waals surface area contributed by atoms with Gasteiger partial charge in [0.15, 0.2) is 0 Å². The number of benzene rings is 2. The molecule has 1 amide bonds. The average Bonchev–Trinajstić information content (AvgIpc) is 3.29. The van der Waals surface area contributed by atoms with E-state index < -0.39 is 0 Å². The van der Waals surface area contributed by atoms with Crippen molar-refractivity contribution < 1.29 is 9.53 Å². The van der Waals surface area contributed by atoms with Gasteiger partial charge in [-0.2, -0.15) is 0 Å². The summed E-state index contributed by atoms with van der Waals surface area (Å²) in [7, 11) is 1.61. The lowest BCUT2D eigenvalue weighted by atomic mass is 10.1. The van der Waals surface area contributed by atoms with Crippen LogP contribution in [0.25, 0.3) is 0 Å². The van der Waals surface area contributed by atoms with Gasteiger partial charge >= 0.3 is 0 Å². The molecule has 0 aliphatic heterocycles. The third-order valence-corrected chi connectivity index (χ3v) is 3.72. The summed E-state index contributed by atoms with van der Waals surface area (Å²) < 4.78 is 5.24. The molecular formula is C17H17NO2. The molecule has 2 aromatic carbocycles. The van der Waals surface area contributed by atoms with Crippen molar-refractivity contribution in [3.05, 3.63) is 60.2 Å². The summed E-state index contributed by atoms with van der Waals surface area (Å²) in [6.07, 6.45) is 0.922. The van der Waals surface area contributed by atoms with Crippen LogP contribution in [0.2, 0.25) is 0 Å². The van der Waals surface area contributed by atoms with Crippen molar-refractivity contribution in [3.63, 3.8) is 0 Å². The largest absolute Gasteiger partial charge is 0.495 e. The number of ether oxygens (including phenoxy) is 1. The lowest BCUT2D eigenvalue weighted by molar-refractivity contribution is -0.117. The highest BCUT2D eigenvalue weighted by Crippen LogP contribution is 2.48. The maximum absolute atomic E-state index is 12.3. The first-order chi connectivity index (χ1) is 9.79. The molecule has 3 heteroatoms. The van der Waals surface area contributed by atoms with Gasteiger partial charge in [0.2, 0.25) is 5.91 Å². The molecule has 0 spiro atoms. The van der Waals surface area contributed by atoms with E-state index in [0.717, 1.165) is 12.1 Å². The fraction of sp³-hybridized carbons (Fsp3) is 0.235. The summed E-state index contributed by atoms with van der Waals surface area (Å²) in [6, 6.07) is 17.7. The van der Waals surface area contributed by atoms with Crippen LogP contribution in [0.1, 0.15) is 17.9 Å². The summed E-state index contributed by atoms with van der Waals surface area (Å²) in [5.74, 6) is 1.19. The molecule has 3 rings (SSSR count). The van der Waals surface area contributed by atoms with Gasteiger partial charge in [0.05, 0.1) is 12.8 Å². The molecule has 1 N–H and O–H groups in total. The second-order valence-corrected chi connectivity index (χ2v) is 5.05. The Bertz CT molecular complexity index is 609. The SMILES string of the molecule is COc1ccccc1NC(=O)C1CC1c1ccccc1. The summed E-state index contributed by atoms with van der Waals surface area (Å²) in [5, 5.41) is 2.96. The molecule has 20 heavy (non-hydrogen) atoms. The van der Waals surface area contributed by atoms with Crippen LogP contribution in [0.15, 0.2) is 54.6 Å². The smallest absolute Gasteiger partial charge is 0.228 e. The number of amides is 1. The number of rotatable bonds is 4. The van der Waals surface area contributed by atoms with Crippen molar-refractivity contribution in [3.8, 4) is 5.75 Å². The number of carbonyl (C=O) groups excluding carboxylic acids is 1. The summed E-state index contributed by atoms with van der Waals surface area (Å²) in [5.41, 5.74) is 1.98. The molecule has 1 saturated carbocycles. The van der Waals surface area contributed by atoms with Crippen LogP contribution in [-0.4, -0.2) is 13.0 Å². The van der Waals surface area contributed by atoms with Gasteiger partial charge in [0.1, 0.15) is 5.75 Å². The Morgan fingerprint density at radius 2 is 1.80 bits per heavy atom. The zero-order valence-electron chi connectivity index (χ0n) is 11.4. The van der Waals surface area contributed by atoms with Gasteiger partial charge in [-0.1, -0.05) is 42.5 Å². The van der Waals surface area contributed by atoms with Crippen molar-refractivity contribution in [1.82, 2.24) is 0 Å². The molecule has 0 radical (unpaired) electrons. The monoisotopic (exact) mass is 267 g/mol. The third kappa shape index (κ3) is 2.52. The summed E-state index contributed by atoms with van der Waals surface area (Å²) in [4.78, 5) is 12.3. The van der Waals surface area contributed by atoms with Crippen LogP contribution in [0.5, 0.6) is 5.75 Å². The van der Waals surface area contributed by atoms with Crippen LogP contribution in [0.4, 0.5) is 5.69 Å². The lowest BCUT2D eigenvalue weighted by Crippen LogP contribution is -2.15. The number of anilines is 1. The first-order valence-electron chi connectivity index (χ1n) is 6.78. The zero-order valence-corrected chi connectivity index (χ0v) is 11.4. The minimum Gasteiger partial charge on any atom is -0.495 e. The number of para-hydroxylation sites is 2. The Labute approximate surface area is 118 Å². The fourth-order valence-corrected chi connectivity index (χ4v) is 2.53. The van der Waals surface area contributed by atoms with E-state index in [1.54, 1.807) is 7.11 Å². The molecule has 0 aromatic heterocycles. The number of hydrogen-bond donors (Lipinski definition) is 1. The van der Waals surface area contributed by atoms with Crippen LogP contribution < -0.4 is 10.1 Å². The summed E-state index contributed by atoms with van der Waals surface area (Å²) >= 11 is 0. The minimum absolute atomic E-state index is 0.0716. The first-order valence-corrected chi connectivity index (χ1v) is 6.78. The van der Waals surface area contributed by atoms with Gasteiger partial charge < -0.3 is 10.1 Å². The Hall–Kier alpha value is -2.29. The van der Waals surface area contributed by atoms with E-state index in [2.05, 4.69) is 17.4 Å². The normalized spacial score (nSPS) is 20.2. The Morgan fingerprint density at radius 1 is 1.10 bits per heavy atom. The molecule has 3 nitrogen and oxygen atoms in total. The second kappa shape index (κ2) is 5.37. The molecule has 1 aliphatic rings. The first kappa shape index (κ1) is 12.7. The number of nitrogens with one attached hydrogen (secondary N) is 1. The fourth-order valence-electron chi connectivity index (χ4n) is 2.53. The minimum atomic E-state index is 0.0716. The number of carbonyl (C=O) groups is 1. The topological polar surface area (TPSA) is 38.3 Å². The maximum Gasteiger partial charge on any atom is 0.228 e. The van der Waals surface area contributed by atoms with E-state index in [9.17, 15) is 4.79 Å². The van der Waals surface area contributed by atoms with Crippen LogP contribution >= 0.6 is 0 Å². The zero-order chi connectivity index (χ0) is 13.9. The van der Waals surface area contributed by atoms with Crippen molar-refractivity contribution in [1.29, 1.82) is 0 Å². The standard InChI is InChI=1S/C17H17NO2/c1-20-16-10-6-5-9-15(16)18-17(19)14-11-13(14)12-7-3-2-4-8-12/h2-10,13-14H,11H2,1H3,(H,18,19). The second-order valence-electron chi connectivity index (χ2n) is 5.05. The van der Waals surface area contributed by atoms with Gasteiger partial charge in [-0.15, -0.1) is 0 Å². The predicted octanol–water partition coefficient (Wildman–Crippen LogP) is 3.44. The predicted molar refractivity (Wildman–Crippen MR) is 78.9 cm³/mol. The average molecular weight is 267 g/mol. The Kier molecular flexibility index (Phi) is 3.42. The highest BCUT2D eigenvalue weighted by Gasteiger charge is 2.43. The van der Waals surface area contributed by atoms with E-state index in [4.69, 9.17) is 4.74 Å². The van der Waals surface area contributed by atoms with Gasteiger partial charge in [-0.05, 0) is 30.0 Å². The van der Waals surface area contributed by atoms with Crippen molar-refractivity contribution in [2.75, 3.05) is 12.4 Å². The van der Waals surface area contributed by atoms with Crippen LogP contribution in [-0.2, 0) is 4.79 Å². The van der Waals surface area contributed by atoms with Gasteiger partial charge in [-0.25, -0.2) is 0 Å². The Balaban J connectivity index is 1.67. The van der Waals surface area contributed by atoms with Crippen molar-refractivity contribution >= 4 is 11.6 Å². The molecule has 2 unspecified atom stereocenters. The lowest BCUT2D eigenvalue weighted by Gasteiger charge is -2.09. The van der Waals surface area contributed by atoms with Gasteiger partial charge in [0.25, 0.3) is 0 Å². The number of methoxy groups -OCH3 is 1. The molecule has 0 saturated heterocycles. The molecule has 1 fully saturated rings. The molecule has 2 aromatic rings. The van der Waals surface area contributed by atoms with Crippen molar-refractivity contribution in [2.45, 2.75) is 12.3 Å². The molecule has 2 atom stereocenters. The van der Waals surface area contributed by atoms with E-state index >= 15 is 0 Å². The van der Waals surface area contributed by atoms with E-state index in [1.165, 1.54) is 5.56 Å². The molecule has 0 bridgehead atoms. The molecule has 102 valence electrons. The molecule has 0 heterocycles. The van der Waals surface area contributed by atoms with Crippen LogP contribution in [0.3, 0.4) is 0 Å². The van der Waals surface area contributed by atoms with Crippen molar-refractivity contribution in [2.24, 2.45) is 5.92 Å². The van der Waals surface area contributed by atoms with E-state index in [0.29, 0.717) is 11.7 Å². The van der Waals surface area contributed by atoms with E-state index in [-0.39, 0.29) is 11.8 Å². The number of hydrogen-bond acceptors (Lipinski definition) is 2. The third-order valence-electron chi connectivity index (χ3n) is 3.72.